The lowest BCUT2D eigenvalue weighted by atomic mass is 10.1. The van der Waals surface area contributed by atoms with Crippen LogP contribution in [0.3, 0.4) is 0 Å². The number of carbonyl (C=O) groups is 1. The lowest BCUT2D eigenvalue weighted by Crippen LogP contribution is -2.35. The van der Waals surface area contributed by atoms with Crippen molar-refractivity contribution in [2.75, 3.05) is 51.8 Å². The molecule has 0 spiro atoms. The number of morpholine rings is 1. The predicted molar refractivity (Wildman–Crippen MR) is 126 cm³/mol. The third-order valence-electron chi connectivity index (χ3n) is 6.05. The van der Waals surface area contributed by atoms with E-state index in [1.165, 1.54) is 17.5 Å². The Labute approximate surface area is 195 Å². The third-order valence-corrected chi connectivity index (χ3v) is 7.97. The second-order valence-corrected chi connectivity index (χ2v) is 10.3. The Morgan fingerprint density at radius 3 is 2.52 bits per heavy atom. The number of piperidine rings is 1. The van der Waals surface area contributed by atoms with Gasteiger partial charge in [0.2, 0.25) is 10.0 Å². The van der Waals surface area contributed by atoms with Crippen LogP contribution in [0, 0.1) is 0 Å². The molecule has 0 atom stereocenters. The Morgan fingerprint density at radius 1 is 1.03 bits per heavy atom. The van der Waals surface area contributed by atoms with Crippen molar-refractivity contribution in [2.45, 2.75) is 30.7 Å². The van der Waals surface area contributed by atoms with Gasteiger partial charge in [-0.15, -0.1) is 0 Å². The van der Waals surface area contributed by atoms with E-state index in [1.54, 1.807) is 18.2 Å². The molecule has 33 heavy (non-hydrogen) atoms. The summed E-state index contributed by atoms with van der Waals surface area (Å²) in [6, 6.07) is 12.2. The molecule has 4 rings (SSSR count). The van der Waals surface area contributed by atoms with Gasteiger partial charge in [0.25, 0.3) is 5.91 Å². The summed E-state index contributed by atoms with van der Waals surface area (Å²) in [5, 5.41) is 2.84. The number of carbonyl (C=O) groups excluding carboxylic acids is 1. The number of benzene rings is 2. The zero-order chi connectivity index (χ0) is 23.3. The number of amides is 1. The molecule has 9 heteroatoms. The molecule has 2 aliphatic heterocycles. The topological polar surface area (TPSA) is 88.2 Å². The van der Waals surface area contributed by atoms with Crippen LogP contribution in [0.4, 0.5) is 5.69 Å². The molecule has 2 heterocycles. The monoisotopic (exact) mass is 473 g/mol. The second kappa shape index (κ2) is 10.6. The molecule has 8 nitrogen and oxygen atoms in total. The summed E-state index contributed by atoms with van der Waals surface area (Å²) in [6.07, 6.45) is 2.72. The van der Waals surface area contributed by atoms with Gasteiger partial charge in [-0.2, -0.15) is 4.31 Å². The molecule has 0 aliphatic carbocycles. The fourth-order valence-electron chi connectivity index (χ4n) is 4.23. The molecule has 1 N–H and O–H groups in total. The first-order valence-electron chi connectivity index (χ1n) is 11.4. The highest BCUT2D eigenvalue weighted by molar-refractivity contribution is 7.89. The van der Waals surface area contributed by atoms with Gasteiger partial charge in [-0.3, -0.25) is 9.69 Å². The number of rotatable bonds is 7. The minimum absolute atomic E-state index is 0.0748. The smallest absolute Gasteiger partial charge is 0.255 e. The molecular formula is C24H31N3O5S. The summed E-state index contributed by atoms with van der Waals surface area (Å²) in [4.78, 5) is 15.3. The number of ether oxygens (including phenoxy) is 2. The lowest BCUT2D eigenvalue weighted by molar-refractivity contribution is 0.0342. The van der Waals surface area contributed by atoms with Crippen LogP contribution in [-0.4, -0.2) is 70.0 Å². The van der Waals surface area contributed by atoms with Crippen LogP contribution in [0.15, 0.2) is 47.4 Å². The summed E-state index contributed by atoms with van der Waals surface area (Å²) in [6.45, 7) is 4.94. The van der Waals surface area contributed by atoms with Crippen LogP contribution in [0.1, 0.15) is 35.2 Å². The van der Waals surface area contributed by atoms with E-state index in [0.29, 0.717) is 24.3 Å². The Bertz CT molecular complexity index is 1080. The summed E-state index contributed by atoms with van der Waals surface area (Å²) in [5.41, 5.74) is 1.99. The van der Waals surface area contributed by atoms with Gasteiger partial charge in [-0.05, 0) is 48.7 Å². The number of anilines is 1. The standard InChI is InChI=1S/C24H31N3O5S/c1-31-22-9-8-21(17-23(22)33(29,30)27-10-3-2-4-11-27)25-24(28)20-7-5-6-19(16-20)18-26-12-14-32-15-13-26/h5-9,16-17H,2-4,10-15,18H2,1H3,(H,25,28). The molecule has 0 bridgehead atoms. The van der Waals surface area contributed by atoms with E-state index in [1.807, 2.05) is 18.2 Å². The van der Waals surface area contributed by atoms with E-state index < -0.39 is 10.0 Å². The maximum absolute atomic E-state index is 13.2. The quantitative estimate of drug-likeness (QED) is 0.665. The normalized spacial score (nSPS) is 18.1. The number of nitrogens with zero attached hydrogens (tertiary/aromatic N) is 2. The van der Waals surface area contributed by atoms with Crippen molar-refractivity contribution in [1.82, 2.24) is 9.21 Å². The van der Waals surface area contributed by atoms with Crippen LogP contribution < -0.4 is 10.1 Å². The van der Waals surface area contributed by atoms with Gasteiger partial charge in [-0.1, -0.05) is 18.6 Å². The third kappa shape index (κ3) is 5.73. The molecular weight excluding hydrogens is 442 g/mol. The average molecular weight is 474 g/mol. The molecule has 2 aromatic rings. The molecule has 2 fully saturated rings. The maximum atomic E-state index is 13.2. The lowest BCUT2D eigenvalue weighted by Gasteiger charge is -2.27. The number of methoxy groups -OCH3 is 1. The molecule has 0 aromatic heterocycles. The molecule has 0 saturated carbocycles. The number of nitrogens with one attached hydrogen (secondary N) is 1. The van der Waals surface area contributed by atoms with Gasteiger partial charge < -0.3 is 14.8 Å². The Morgan fingerprint density at radius 2 is 1.79 bits per heavy atom. The highest BCUT2D eigenvalue weighted by Crippen LogP contribution is 2.31. The van der Waals surface area contributed by atoms with E-state index in [2.05, 4.69) is 10.2 Å². The summed E-state index contributed by atoms with van der Waals surface area (Å²) in [7, 11) is -2.26. The van der Waals surface area contributed by atoms with Crippen LogP contribution in [0.5, 0.6) is 5.75 Å². The molecule has 2 aliphatic rings. The van der Waals surface area contributed by atoms with E-state index in [0.717, 1.165) is 57.7 Å². The molecule has 2 aromatic carbocycles. The molecule has 0 unspecified atom stereocenters. The first-order chi connectivity index (χ1) is 16.0. The van der Waals surface area contributed by atoms with Gasteiger partial charge in [0.1, 0.15) is 10.6 Å². The number of hydrogen-bond acceptors (Lipinski definition) is 6. The van der Waals surface area contributed by atoms with Crippen LogP contribution >= 0.6 is 0 Å². The van der Waals surface area contributed by atoms with Crippen molar-refractivity contribution < 1.29 is 22.7 Å². The summed E-state index contributed by atoms with van der Waals surface area (Å²) >= 11 is 0. The van der Waals surface area contributed by atoms with Gasteiger partial charge in [0, 0.05) is 44.0 Å². The average Bonchev–Trinajstić information content (AvgIpc) is 2.85. The van der Waals surface area contributed by atoms with Crippen molar-refractivity contribution >= 4 is 21.6 Å². The van der Waals surface area contributed by atoms with Crippen molar-refractivity contribution in [3.63, 3.8) is 0 Å². The maximum Gasteiger partial charge on any atom is 0.255 e. The van der Waals surface area contributed by atoms with Crippen LogP contribution in [0.25, 0.3) is 0 Å². The highest BCUT2D eigenvalue weighted by Gasteiger charge is 2.29. The van der Waals surface area contributed by atoms with E-state index >= 15 is 0 Å². The van der Waals surface area contributed by atoms with E-state index in [-0.39, 0.29) is 16.6 Å². The minimum Gasteiger partial charge on any atom is -0.495 e. The van der Waals surface area contributed by atoms with Gasteiger partial charge >= 0.3 is 0 Å². The van der Waals surface area contributed by atoms with Gasteiger partial charge in [-0.25, -0.2) is 8.42 Å². The van der Waals surface area contributed by atoms with Crippen molar-refractivity contribution in [3.8, 4) is 5.75 Å². The fraction of sp³-hybridized carbons (Fsp3) is 0.458. The summed E-state index contributed by atoms with van der Waals surface area (Å²) in [5.74, 6) is -0.0172. The number of sulfonamides is 1. The van der Waals surface area contributed by atoms with E-state index in [4.69, 9.17) is 9.47 Å². The Hall–Kier alpha value is -2.46. The van der Waals surface area contributed by atoms with Crippen LogP contribution in [-0.2, 0) is 21.3 Å². The fourth-order valence-corrected chi connectivity index (χ4v) is 5.93. The van der Waals surface area contributed by atoms with E-state index in [9.17, 15) is 13.2 Å². The molecule has 0 radical (unpaired) electrons. The first kappa shape index (κ1) is 23.7. The molecule has 2 saturated heterocycles. The van der Waals surface area contributed by atoms with Crippen LogP contribution in [0.2, 0.25) is 0 Å². The second-order valence-electron chi connectivity index (χ2n) is 8.37. The van der Waals surface area contributed by atoms with Crippen molar-refractivity contribution in [3.05, 3.63) is 53.6 Å². The minimum atomic E-state index is -3.71. The summed E-state index contributed by atoms with van der Waals surface area (Å²) < 4.78 is 38.7. The highest BCUT2D eigenvalue weighted by atomic mass is 32.2. The SMILES string of the molecule is COc1ccc(NC(=O)c2cccc(CN3CCOCC3)c2)cc1S(=O)(=O)N1CCCCC1. The Balaban J connectivity index is 1.51. The van der Waals surface area contributed by atoms with Gasteiger partial charge in [0.15, 0.2) is 0 Å². The zero-order valence-corrected chi connectivity index (χ0v) is 19.8. The van der Waals surface area contributed by atoms with Crippen molar-refractivity contribution in [1.29, 1.82) is 0 Å². The molecule has 1 amide bonds. The number of hydrogen-bond donors (Lipinski definition) is 1. The van der Waals surface area contributed by atoms with Gasteiger partial charge in [0.05, 0.1) is 20.3 Å². The van der Waals surface area contributed by atoms with Crippen molar-refractivity contribution in [2.24, 2.45) is 0 Å². The predicted octanol–water partition coefficient (Wildman–Crippen LogP) is 2.95. The largest absolute Gasteiger partial charge is 0.495 e. The zero-order valence-electron chi connectivity index (χ0n) is 19.0. The molecule has 178 valence electrons. The Kier molecular flexibility index (Phi) is 7.64. The first-order valence-corrected chi connectivity index (χ1v) is 12.8.